The van der Waals surface area contributed by atoms with Crippen molar-refractivity contribution >= 4 is 0 Å². The number of aliphatic hydroxyl groups is 8. The predicted molar refractivity (Wildman–Crippen MR) is 68.6 cm³/mol. The first-order valence-corrected chi connectivity index (χ1v) is 7.08. The fourth-order valence-electron chi connectivity index (χ4n) is 2.57. The van der Waals surface area contributed by atoms with E-state index in [1.54, 1.807) is 0 Å². The Bertz CT molecular complexity index is 378. The summed E-state index contributed by atoms with van der Waals surface area (Å²) in [5.41, 5.74) is 0. The van der Waals surface area contributed by atoms with Crippen molar-refractivity contribution in [2.24, 2.45) is 0 Å². The molecule has 23 heavy (non-hydrogen) atoms. The minimum Gasteiger partial charge on any atom is -0.394 e. The van der Waals surface area contributed by atoms with Crippen LogP contribution in [0.1, 0.15) is 0 Å². The molecule has 2 rings (SSSR count). The smallest absolute Gasteiger partial charge is 0.187 e. The third kappa shape index (κ3) is 3.65. The number of ether oxygens (including phenoxy) is 3. The number of aliphatic hydroxyl groups excluding tert-OH is 8. The lowest BCUT2D eigenvalue weighted by Gasteiger charge is -2.45. The average molecular weight is 342 g/mol. The number of rotatable bonds is 4. The molecule has 0 spiro atoms. The lowest BCUT2D eigenvalue weighted by atomic mass is 9.97. The first-order valence-electron chi connectivity index (χ1n) is 7.08. The molecule has 2 aliphatic rings. The van der Waals surface area contributed by atoms with Crippen molar-refractivity contribution in [3.8, 4) is 0 Å². The zero-order valence-corrected chi connectivity index (χ0v) is 12.0. The Balaban J connectivity index is 2.11. The SMILES string of the molecule is OC[C@H]1O[C@@H](O[C@H]2[C@@H](O)[C@@H](O)[C@@H](O)O[C@@H]2CO)[C@H](O)[C@@H](O)[C@H]1O. The molecule has 0 bridgehead atoms. The molecule has 2 fully saturated rings. The van der Waals surface area contributed by atoms with Crippen molar-refractivity contribution in [3.05, 3.63) is 0 Å². The molecule has 8 N–H and O–H groups in total. The normalized spacial score (nSPS) is 51.7. The maximum absolute atomic E-state index is 9.94. The van der Waals surface area contributed by atoms with Gasteiger partial charge in [0.1, 0.15) is 48.8 Å². The second-order valence-corrected chi connectivity index (χ2v) is 5.53. The van der Waals surface area contributed by atoms with E-state index < -0.39 is 74.6 Å². The molecule has 0 amide bonds. The average Bonchev–Trinajstić information content (AvgIpc) is 2.55. The topological polar surface area (TPSA) is 190 Å². The highest BCUT2D eigenvalue weighted by Gasteiger charge is 2.50. The van der Waals surface area contributed by atoms with Gasteiger partial charge in [0, 0.05) is 0 Å². The van der Waals surface area contributed by atoms with Crippen LogP contribution in [0.2, 0.25) is 0 Å². The first kappa shape index (κ1) is 18.9. The van der Waals surface area contributed by atoms with Crippen LogP contribution in [0.15, 0.2) is 0 Å². The summed E-state index contributed by atoms with van der Waals surface area (Å²) >= 11 is 0. The van der Waals surface area contributed by atoms with Crippen LogP contribution in [0.25, 0.3) is 0 Å². The Kier molecular flexibility index (Phi) is 6.27. The summed E-state index contributed by atoms with van der Waals surface area (Å²) in [4.78, 5) is 0. The maximum atomic E-state index is 9.94. The summed E-state index contributed by atoms with van der Waals surface area (Å²) in [6.07, 6.45) is -15.6. The summed E-state index contributed by atoms with van der Waals surface area (Å²) < 4.78 is 15.3. The highest BCUT2D eigenvalue weighted by atomic mass is 16.7. The Morgan fingerprint density at radius 1 is 0.652 bits per heavy atom. The molecule has 0 aromatic rings. The third-order valence-corrected chi connectivity index (χ3v) is 3.98. The minimum absolute atomic E-state index is 0.667. The Labute approximate surface area is 130 Å². The van der Waals surface area contributed by atoms with Gasteiger partial charge in [-0.2, -0.15) is 0 Å². The highest BCUT2D eigenvalue weighted by Crippen LogP contribution is 2.28. The van der Waals surface area contributed by atoms with Crippen LogP contribution >= 0.6 is 0 Å². The van der Waals surface area contributed by atoms with Crippen molar-refractivity contribution in [2.75, 3.05) is 13.2 Å². The second kappa shape index (κ2) is 7.63. The summed E-state index contributed by atoms with van der Waals surface area (Å²) in [6.45, 7) is -1.35. The standard InChI is InChI=1S/C12H22O11/c13-1-3-5(15)6(16)9(19)12(22-3)23-10-4(2-14)21-11(20)8(18)7(10)17/h3-20H,1-2H2/t3-,4-,5+,6+,7+,8-,9-,10-,11+,12+/m1/s1. The summed E-state index contributed by atoms with van der Waals surface area (Å²) in [5.74, 6) is 0. The van der Waals surface area contributed by atoms with E-state index in [2.05, 4.69) is 0 Å². The van der Waals surface area contributed by atoms with Gasteiger partial charge in [-0.3, -0.25) is 0 Å². The molecule has 136 valence electrons. The molecule has 11 nitrogen and oxygen atoms in total. The molecule has 0 aromatic carbocycles. The monoisotopic (exact) mass is 342 g/mol. The molecule has 0 unspecified atom stereocenters. The van der Waals surface area contributed by atoms with Gasteiger partial charge in [0.05, 0.1) is 13.2 Å². The van der Waals surface area contributed by atoms with Crippen LogP contribution in [0, 0.1) is 0 Å². The van der Waals surface area contributed by atoms with Gasteiger partial charge in [0.15, 0.2) is 12.6 Å². The minimum atomic E-state index is -1.74. The van der Waals surface area contributed by atoms with E-state index in [0.717, 1.165) is 0 Å². The second-order valence-electron chi connectivity index (χ2n) is 5.53. The Hall–Kier alpha value is -0.440. The van der Waals surface area contributed by atoms with Gasteiger partial charge >= 0.3 is 0 Å². The van der Waals surface area contributed by atoms with Crippen molar-refractivity contribution in [1.29, 1.82) is 0 Å². The molecule has 11 heteroatoms. The molecular formula is C12H22O11. The summed E-state index contributed by atoms with van der Waals surface area (Å²) in [7, 11) is 0. The number of hydrogen-bond acceptors (Lipinski definition) is 11. The van der Waals surface area contributed by atoms with Crippen LogP contribution in [-0.4, -0.2) is 115 Å². The van der Waals surface area contributed by atoms with Crippen LogP contribution in [0.5, 0.6) is 0 Å². The fourth-order valence-corrected chi connectivity index (χ4v) is 2.57. The Morgan fingerprint density at radius 2 is 1.26 bits per heavy atom. The van der Waals surface area contributed by atoms with Crippen LogP contribution in [0.3, 0.4) is 0 Å². The van der Waals surface area contributed by atoms with Gasteiger partial charge in [-0.05, 0) is 0 Å². The van der Waals surface area contributed by atoms with Crippen LogP contribution in [0.4, 0.5) is 0 Å². The summed E-state index contributed by atoms with van der Waals surface area (Å²) in [5, 5.41) is 76.5. The largest absolute Gasteiger partial charge is 0.394 e. The van der Waals surface area contributed by atoms with Gasteiger partial charge in [-0.25, -0.2) is 0 Å². The van der Waals surface area contributed by atoms with E-state index in [0.29, 0.717) is 0 Å². The number of hydrogen-bond donors (Lipinski definition) is 8. The van der Waals surface area contributed by atoms with Crippen molar-refractivity contribution in [2.45, 2.75) is 61.4 Å². The zero-order valence-electron chi connectivity index (χ0n) is 12.0. The van der Waals surface area contributed by atoms with E-state index in [1.807, 2.05) is 0 Å². The van der Waals surface area contributed by atoms with E-state index in [9.17, 15) is 35.7 Å². The van der Waals surface area contributed by atoms with E-state index >= 15 is 0 Å². The lowest BCUT2D eigenvalue weighted by Crippen LogP contribution is -2.64. The predicted octanol–water partition coefficient (Wildman–Crippen LogP) is -5.40. The molecule has 10 atom stereocenters. The summed E-state index contributed by atoms with van der Waals surface area (Å²) in [6, 6.07) is 0. The molecule has 0 saturated carbocycles. The quantitative estimate of drug-likeness (QED) is 0.243. The molecule has 0 radical (unpaired) electrons. The van der Waals surface area contributed by atoms with Crippen molar-refractivity contribution in [1.82, 2.24) is 0 Å². The van der Waals surface area contributed by atoms with Crippen LogP contribution in [-0.2, 0) is 14.2 Å². The molecule has 2 saturated heterocycles. The van der Waals surface area contributed by atoms with Gasteiger partial charge in [0.25, 0.3) is 0 Å². The first-order chi connectivity index (χ1) is 10.8. The van der Waals surface area contributed by atoms with Gasteiger partial charge in [0.2, 0.25) is 0 Å². The Morgan fingerprint density at radius 3 is 1.83 bits per heavy atom. The maximum Gasteiger partial charge on any atom is 0.187 e. The molecule has 0 aromatic heterocycles. The van der Waals surface area contributed by atoms with E-state index in [1.165, 1.54) is 0 Å². The lowest BCUT2D eigenvalue weighted by molar-refractivity contribution is -0.355. The zero-order chi connectivity index (χ0) is 17.3. The third-order valence-electron chi connectivity index (χ3n) is 3.98. The highest BCUT2D eigenvalue weighted by molar-refractivity contribution is 4.93. The molecule has 2 heterocycles. The van der Waals surface area contributed by atoms with E-state index in [4.69, 9.17) is 19.3 Å². The van der Waals surface area contributed by atoms with Crippen molar-refractivity contribution in [3.63, 3.8) is 0 Å². The van der Waals surface area contributed by atoms with Gasteiger partial charge < -0.3 is 55.1 Å². The molecule has 2 aliphatic heterocycles. The fraction of sp³-hybridized carbons (Fsp3) is 1.00. The molecular weight excluding hydrogens is 320 g/mol. The van der Waals surface area contributed by atoms with Crippen LogP contribution < -0.4 is 0 Å². The van der Waals surface area contributed by atoms with Gasteiger partial charge in [-0.1, -0.05) is 0 Å². The molecule has 0 aliphatic carbocycles. The van der Waals surface area contributed by atoms with Crippen molar-refractivity contribution < 1.29 is 55.1 Å². The van der Waals surface area contributed by atoms with E-state index in [-0.39, 0.29) is 0 Å². The van der Waals surface area contributed by atoms with Gasteiger partial charge in [-0.15, -0.1) is 0 Å².